The largest absolute Gasteiger partial charge is 0.508 e. The van der Waals surface area contributed by atoms with Crippen molar-refractivity contribution in [3.8, 4) is 5.75 Å². The van der Waals surface area contributed by atoms with Gasteiger partial charge in [0.25, 0.3) is 0 Å². The number of aliphatic hydroxyl groups is 1. The van der Waals surface area contributed by atoms with Gasteiger partial charge in [0.15, 0.2) is 0 Å². The van der Waals surface area contributed by atoms with E-state index in [-0.39, 0.29) is 6.61 Å². The first kappa shape index (κ1) is 12.4. The van der Waals surface area contributed by atoms with E-state index >= 15 is 0 Å². The van der Waals surface area contributed by atoms with E-state index < -0.39 is 0 Å². The smallest absolute Gasteiger partial charge is 0.120 e. The number of hydrogen-bond donors (Lipinski definition) is 2. The van der Waals surface area contributed by atoms with Crippen molar-refractivity contribution in [1.29, 1.82) is 0 Å². The average molecular weight is 235 g/mol. The Kier molecular flexibility index (Phi) is 4.40. The van der Waals surface area contributed by atoms with Crippen LogP contribution in [0.2, 0.25) is 0 Å². The summed E-state index contributed by atoms with van der Waals surface area (Å²) in [7, 11) is 0. The number of likely N-dealkylation sites (tertiary alicyclic amines) is 1. The molecule has 0 aliphatic carbocycles. The molecule has 2 N–H and O–H groups in total. The molecule has 0 unspecified atom stereocenters. The lowest BCUT2D eigenvalue weighted by Gasteiger charge is -2.20. The summed E-state index contributed by atoms with van der Waals surface area (Å²) in [5, 5.41) is 18.9. The van der Waals surface area contributed by atoms with Crippen LogP contribution in [0.3, 0.4) is 0 Å². The number of aliphatic hydroxyl groups excluding tert-OH is 1. The van der Waals surface area contributed by atoms with Crippen molar-refractivity contribution in [2.24, 2.45) is 0 Å². The van der Waals surface area contributed by atoms with Crippen molar-refractivity contribution in [3.05, 3.63) is 29.3 Å². The lowest BCUT2D eigenvalue weighted by molar-refractivity contribution is 0.269. The summed E-state index contributed by atoms with van der Waals surface area (Å²) in [6.45, 7) is 3.05. The average Bonchev–Trinajstić information content (AvgIpc) is 2.60. The van der Waals surface area contributed by atoms with Crippen LogP contribution < -0.4 is 0 Å². The molecule has 1 aliphatic heterocycles. The van der Waals surface area contributed by atoms with Crippen LogP contribution in [0.1, 0.15) is 36.8 Å². The van der Waals surface area contributed by atoms with E-state index in [4.69, 9.17) is 5.11 Å². The van der Waals surface area contributed by atoms with Crippen LogP contribution in [0.15, 0.2) is 18.2 Å². The molecule has 0 saturated carbocycles. The zero-order valence-electron chi connectivity index (χ0n) is 10.2. The molecule has 0 bridgehead atoms. The first-order chi connectivity index (χ1) is 8.29. The van der Waals surface area contributed by atoms with Crippen LogP contribution in [0.4, 0.5) is 0 Å². The zero-order chi connectivity index (χ0) is 12.1. The van der Waals surface area contributed by atoms with Crippen LogP contribution >= 0.6 is 0 Å². The molecule has 0 spiro atoms. The number of rotatable bonds is 3. The number of benzene rings is 1. The van der Waals surface area contributed by atoms with E-state index in [1.165, 1.54) is 25.7 Å². The molecule has 1 aromatic rings. The van der Waals surface area contributed by atoms with E-state index in [1.54, 1.807) is 12.1 Å². The fraction of sp³-hybridized carbons (Fsp3) is 0.571. The lowest BCUT2D eigenvalue weighted by atomic mass is 10.1. The van der Waals surface area contributed by atoms with Crippen LogP contribution in [0.25, 0.3) is 0 Å². The third kappa shape index (κ3) is 3.45. The van der Waals surface area contributed by atoms with Gasteiger partial charge < -0.3 is 10.2 Å². The van der Waals surface area contributed by atoms with Crippen molar-refractivity contribution in [1.82, 2.24) is 4.90 Å². The number of phenols is 1. The van der Waals surface area contributed by atoms with Crippen LogP contribution in [-0.4, -0.2) is 28.2 Å². The van der Waals surface area contributed by atoms with Gasteiger partial charge in [-0.2, -0.15) is 0 Å². The second-order valence-corrected chi connectivity index (χ2v) is 4.81. The molecule has 0 aromatic heterocycles. The summed E-state index contributed by atoms with van der Waals surface area (Å²) >= 11 is 0. The van der Waals surface area contributed by atoms with E-state index in [0.29, 0.717) is 5.75 Å². The molecule has 0 atom stereocenters. The minimum Gasteiger partial charge on any atom is -0.508 e. The van der Waals surface area contributed by atoms with Crippen molar-refractivity contribution in [2.75, 3.05) is 13.1 Å². The maximum absolute atomic E-state index is 9.82. The van der Waals surface area contributed by atoms with Gasteiger partial charge in [-0.15, -0.1) is 0 Å². The van der Waals surface area contributed by atoms with E-state index in [1.807, 2.05) is 6.07 Å². The molecule has 2 rings (SSSR count). The summed E-state index contributed by atoms with van der Waals surface area (Å²) in [6, 6.07) is 5.35. The third-order valence-electron chi connectivity index (χ3n) is 3.42. The summed E-state index contributed by atoms with van der Waals surface area (Å²) in [6.07, 6.45) is 5.14. The van der Waals surface area contributed by atoms with Gasteiger partial charge in [-0.3, -0.25) is 4.90 Å². The summed E-state index contributed by atoms with van der Waals surface area (Å²) in [5.41, 5.74) is 1.80. The van der Waals surface area contributed by atoms with Gasteiger partial charge in [0, 0.05) is 12.1 Å². The first-order valence-corrected chi connectivity index (χ1v) is 6.43. The van der Waals surface area contributed by atoms with Crippen molar-refractivity contribution >= 4 is 0 Å². The van der Waals surface area contributed by atoms with Gasteiger partial charge >= 0.3 is 0 Å². The highest BCUT2D eigenvalue weighted by molar-refractivity contribution is 5.35. The zero-order valence-corrected chi connectivity index (χ0v) is 10.2. The highest BCUT2D eigenvalue weighted by Gasteiger charge is 2.11. The predicted molar refractivity (Wildman–Crippen MR) is 67.8 cm³/mol. The topological polar surface area (TPSA) is 43.7 Å². The Morgan fingerprint density at radius 1 is 1.06 bits per heavy atom. The van der Waals surface area contributed by atoms with Gasteiger partial charge in [-0.05, 0) is 43.6 Å². The predicted octanol–water partition coefficient (Wildman–Crippen LogP) is 2.26. The Hall–Kier alpha value is -1.06. The van der Waals surface area contributed by atoms with Gasteiger partial charge in [0.1, 0.15) is 5.75 Å². The van der Waals surface area contributed by atoms with Crippen LogP contribution in [-0.2, 0) is 13.2 Å². The first-order valence-electron chi connectivity index (χ1n) is 6.43. The normalized spacial score (nSPS) is 17.9. The van der Waals surface area contributed by atoms with Crippen LogP contribution in [0.5, 0.6) is 5.75 Å². The highest BCUT2D eigenvalue weighted by Crippen LogP contribution is 2.22. The van der Waals surface area contributed by atoms with E-state index in [9.17, 15) is 5.11 Å². The number of phenolic OH excluding ortho intramolecular Hbond substituents is 1. The van der Waals surface area contributed by atoms with E-state index in [2.05, 4.69) is 4.90 Å². The molecule has 3 heteroatoms. The molecule has 3 nitrogen and oxygen atoms in total. The minimum absolute atomic E-state index is 0.0350. The molecular weight excluding hydrogens is 214 g/mol. The monoisotopic (exact) mass is 235 g/mol. The fourth-order valence-corrected chi connectivity index (χ4v) is 2.40. The number of hydrogen-bond acceptors (Lipinski definition) is 3. The highest BCUT2D eigenvalue weighted by atomic mass is 16.3. The summed E-state index contributed by atoms with van der Waals surface area (Å²) < 4.78 is 0. The maximum atomic E-state index is 9.82. The Morgan fingerprint density at radius 2 is 1.76 bits per heavy atom. The number of nitrogens with zero attached hydrogens (tertiary/aromatic N) is 1. The van der Waals surface area contributed by atoms with E-state index in [0.717, 1.165) is 30.8 Å². The van der Waals surface area contributed by atoms with Gasteiger partial charge in [0.05, 0.1) is 6.61 Å². The Balaban J connectivity index is 2.05. The maximum Gasteiger partial charge on any atom is 0.120 e. The molecule has 1 saturated heterocycles. The summed E-state index contributed by atoms with van der Waals surface area (Å²) in [4.78, 5) is 2.39. The fourth-order valence-electron chi connectivity index (χ4n) is 2.40. The van der Waals surface area contributed by atoms with Gasteiger partial charge in [0.2, 0.25) is 0 Å². The second kappa shape index (κ2) is 6.03. The molecule has 1 heterocycles. The Morgan fingerprint density at radius 3 is 2.41 bits per heavy atom. The quantitative estimate of drug-likeness (QED) is 0.844. The Labute approximate surface area is 103 Å². The molecular formula is C14H21NO2. The van der Waals surface area contributed by atoms with Crippen LogP contribution in [0, 0.1) is 0 Å². The molecule has 0 amide bonds. The SMILES string of the molecule is OCc1ccc(O)c(CN2CCCCCC2)c1. The van der Waals surface area contributed by atoms with Gasteiger partial charge in [-0.1, -0.05) is 18.9 Å². The minimum atomic E-state index is 0.0350. The molecule has 17 heavy (non-hydrogen) atoms. The molecule has 1 aliphatic rings. The molecule has 1 fully saturated rings. The number of aromatic hydroxyl groups is 1. The standard InChI is InChI=1S/C14H21NO2/c16-11-12-5-6-14(17)13(9-12)10-15-7-3-1-2-4-8-15/h5-6,9,16-17H,1-4,7-8,10-11H2. The van der Waals surface area contributed by atoms with Crippen molar-refractivity contribution in [2.45, 2.75) is 38.8 Å². The molecule has 1 aromatic carbocycles. The Bertz CT molecular complexity index is 357. The second-order valence-electron chi connectivity index (χ2n) is 4.81. The molecule has 0 radical (unpaired) electrons. The lowest BCUT2D eigenvalue weighted by Crippen LogP contribution is -2.24. The van der Waals surface area contributed by atoms with Gasteiger partial charge in [-0.25, -0.2) is 0 Å². The van der Waals surface area contributed by atoms with Crippen molar-refractivity contribution in [3.63, 3.8) is 0 Å². The van der Waals surface area contributed by atoms with Crippen molar-refractivity contribution < 1.29 is 10.2 Å². The third-order valence-corrected chi connectivity index (χ3v) is 3.42. The molecule has 94 valence electrons. The summed E-state index contributed by atoms with van der Waals surface area (Å²) in [5.74, 6) is 0.339.